The van der Waals surface area contributed by atoms with Crippen LogP contribution in [-0.4, -0.2) is 34.1 Å². The van der Waals surface area contributed by atoms with E-state index in [9.17, 15) is 13.6 Å². The van der Waals surface area contributed by atoms with Gasteiger partial charge in [0.2, 0.25) is 0 Å². The zero-order chi connectivity index (χ0) is 13.1. The standard InChI is InChI=1S/C11H13F2N3O2/c12-10(13)8-5-9(15-6-14-8)16-3-1-7(2-4-16)11(17)18/h5-7,10H,1-4H2,(H,17,18). The van der Waals surface area contributed by atoms with E-state index in [-0.39, 0.29) is 11.6 Å². The summed E-state index contributed by atoms with van der Waals surface area (Å²) < 4.78 is 25.0. The van der Waals surface area contributed by atoms with E-state index in [1.54, 1.807) is 0 Å². The maximum atomic E-state index is 12.5. The third kappa shape index (κ3) is 2.72. The number of carboxylic acids is 1. The number of alkyl halides is 2. The van der Waals surface area contributed by atoms with E-state index in [4.69, 9.17) is 5.11 Å². The van der Waals surface area contributed by atoms with Gasteiger partial charge in [0.25, 0.3) is 6.43 Å². The molecule has 1 aliphatic rings. The normalized spacial score (nSPS) is 17.2. The molecule has 0 unspecified atom stereocenters. The van der Waals surface area contributed by atoms with Gasteiger partial charge in [-0.05, 0) is 12.8 Å². The second-order valence-corrected chi connectivity index (χ2v) is 4.20. The minimum Gasteiger partial charge on any atom is -0.481 e. The van der Waals surface area contributed by atoms with Gasteiger partial charge in [-0.3, -0.25) is 4.79 Å². The molecule has 1 aliphatic heterocycles. The molecule has 0 amide bonds. The molecule has 0 spiro atoms. The SMILES string of the molecule is O=C(O)C1CCN(c2cc(C(F)F)ncn2)CC1. The maximum absolute atomic E-state index is 12.5. The Morgan fingerprint density at radius 2 is 2.06 bits per heavy atom. The first-order chi connectivity index (χ1) is 8.58. The van der Waals surface area contributed by atoms with E-state index in [1.807, 2.05) is 4.90 Å². The summed E-state index contributed by atoms with van der Waals surface area (Å²) in [6.45, 7) is 1.02. The van der Waals surface area contributed by atoms with Crippen LogP contribution < -0.4 is 4.90 Å². The van der Waals surface area contributed by atoms with Crippen LogP contribution >= 0.6 is 0 Å². The van der Waals surface area contributed by atoms with Crippen molar-refractivity contribution in [2.75, 3.05) is 18.0 Å². The molecule has 1 aromatic rings. The van der Waals surface area contributed by atoms with Crippen molar-refractivity contribution < 1.29 is 18.7 Å². The quantitative estimate of drug-likeness (QED) is 0.893. The molecule has 1 fully saturated rings. The summed E-state index contributed by atoms with van der Waals surface area (Å²) in [5, 5.41) is 8.87. The number of hydrogen-bond donors (Lipinski definition) is 1. The molecule has 18 heavy (non-hydrogen) atoms. The number of rotatable bonds is 3. The number of aromatic nitrogens is 2. The van der Waals surface area contributed by atoms with Crippen LogP contribution in [0.4, 0.5) is 14.6 Å². The zero-order valence-electron chi connectivity index (χ0n) is 9.59. The van der Waals surface area contributed by atoms with Crippen molar-refractivity contribution in [3.8, 4) is 0 Å². The molecule has 0 atom stereocenters. The summed E-state index contributed by atoms with van der Waals surface area (Å²) in [6.07, 6.45) is -0.504. The monoisotopic (exact) mass is 257 g/mol. The summed E-state index contributed by atoms with van der Waals surface area (Å²) >= 11 is 0. The van der Waals surface area contributed by atoms with Crippen LogP contribution in [0.5, 0.6) is 0 Å². The number of carbonyl (C=O) groups is 1. The average Bonchev–Trinajstić information content (AvgIpc) is 2.39. The van der Waals surface area contributed by atoms with Gasteiger partial charge in [0.15, 0.2) is 0 Å². The van der Waals surface area contributed by atoms with Crippen LogP contribution in [0, 0.1) is 5.92 Å². The van der Waals surface area contributed by atoms with Crippen molar-refractivity contribution in [1.82, 2.24) is 9.97 Å². The molecule has 2 rings (SSSR count). The minimum absolute atomic E-state index is 0.305. The van der Waals surface area contributed by atoms with E-state index in [2.05, 4.69) is 9.97 Å². The van der Waals surface area contributed by atoms with E-state index in [0.717, 1.165) is 6.33 Å². The van der Waals surface area contributed by atoms with Gasteiger partial charge in [-0.25, -0.2) is 18.7 Å². The summed E-state index contributed by atoms with van der Waals surface area (Å²) in [5.74, 6) is -0.715. The topological polar surface area (TPSA) is 66.3 Å². The number of hydrogen-bond acceptors (Lipinski definition) is 4. The van der Waals surface area contributed by atoms with Gasteiger partial charge in [-0.2, -0.15) is 0 Å². The Labute approximate surface area is 102 Å². The molecule has 0 bridgehead atoms. The van der Waals surface area contributed by atoms with Crippen molar-refractivity contribution >= 4 is 11.8 Å². The highest BCUT2D eigenvalue weighted by Gasteiger charge is 2.25. The molecule has 1 N–H and O–H groups in total. The summed E-state index contributed by atoms with van der Waals surface area (Å²) in [5.41, 5.74) is -0.305. The Hall–Kier alpha value is -1.79. The predicted octanol–water partition coefficient (Wildman–Crippen LogP) is 1.72. The smallest absolute Gasteiger partial charge is 0.306 e. The molecule has 0 aromatic carbocycles. The number of carboxylic acid groups (broad SMARTS) is 1. The van der Waals surface area contributed by atoms with Crippen molar-refractivity contribution in [2.24, 2.45) is 5.92 Å². The Morgan fingerprint density at radius 3 is 2.61 bits per heavy atom. The van der Waals surface area contributed by atoms with E-state index in [1.165, 1.54) is 6.07 Å². The minimum atomic E-state index is -2.62. The molecule has 0 radical (unpaired) electrons. The van der Waals surface area contributed by atoms with Gasteiger partial charge >= 0.3 is 5.97 Å². The van der Waals surface area contributed by atoms with Crippen LogP contribution in [0.15, 0.2) is 12.4 Å². The number of nitrogens with zero attached hydrogens (tertiary/aromatic N) is 3. The lowest BCUT2D eigenvalue weighted by molar-refractivity contribution is -0.142. The first-order valence-electron chi connectivity index (χ1n) is 5.66. The lowest BCUT2D eigenvalue weighted by Gasteiger charge is -2.30. The maximum Gasteiger partial charge on any atom is 0.306 e. The van der Waals surface area contributed by atoms with Crippen LogP contribution in [0.2, 0.25) is 0 Å². The number of piperidine rings is 1. The molecule has 7 heteroatoms. The lowest BCUT2D eigenvalue weighted by atomic mass is 9.97. The lowest BCUT2D eigenvalue weighted by Crippen LogP contribution is -2.36. The molecular weight excluding hydrogens is 244 g/mol. The highest BCUT2D eigenvalue weighted by molar-refractivity contribution is 5.70. The van der Waals surface area contributed by atoms with E-state index >= 15 is 0 Å². The Balaban J connectivity index is 2.05. The zero-order valence-corrected chi connectivity index (χ0v) is 9.59. The van der Waals surface area contributed by atoms with Crippen molar-refractivity contribution in [1.29, 1.82) is 0 Å². The van der Waals surface area contributed by atoms with Gasteiger partial charge in [-0.15, -0.1) is 0 Å². The molecule has 5 nitrogen and oxygen atoms in total. The van der Waals surface area contributed by atoms with Crippen molar-refractivity contribution in [2.45, 2.75) is 19.3 Å². The predicted molar refractivity (Wildman–Crippen MR) is 59.6 cm³/mol. The third-order valence-electron chi connectivity index (χ3n) is 3.07. The fourth-order valence-corrected chi connectivity index (χ4v) is 2.01. The second-order valence-electron chi connectivity index (χ2n) is 4.20. The Morgan fingerprint density at radius 1 is 1.39 bits per heavy atom. The molecule has 1 saturated heterocycles. The fraction of sp³-hybridized carbons (Fsp3) is 0.545. The van der Waals surface area contributed by atoms with E-state index in [0.29, 0.717) is 31.7 Å². The molecule has 2 heterocycles. The molecule has 0 aliphatic carbocycles. The molecular formula is C11H13F2N3O2. The van der Waals surface area contributed by atoms with Crippen LogP contribution in [0.25, 0.3) is 0 Å². The average molecular weight is 257 g/mol. The molecule has 1 aromatic heterocycles. The third-order valence-corrected chi connectivity index (χ3v) is 3.07. The van der Waals surface area contributed by atoms with Gasteiger partial charge in [0.1, 0.15) is 17.8 Å². The van der Waals surface area contributed by atoms with Gasteiger partial charge in [0, 0.05) is 19.2 Å². The second kappa shape index (κ2) is 5.24. The van der Waals surface area contributed by atoms with Crippen LogP contribution in [-0.2, 0) is 4.79 Å². The number of aliphatic carboxylic acids is 1. The van der Waals surface area contributed by atoms with Gasteiger partial charge in [-0.1, -0.05) is 0 Å². The number of anilines is 1. The van der Waals surface area contributed by atoms with Crippen LogP contribution in [0.1, 0.15) is 25.0 Å². The first kappa shape index (κ1) is 12.7. The summed E-state index contributed by atoms with van der Waals surface area (Å²) in [4.78, 5) is 20.1. The summed E-state index contributed by atoms with van der Waals surface area (Å²) in [7, 11) is 0. The largest absolute Gasteiger partial charge is 0.481 e. The highest BCUT2D eigenvalue weighted by atomic mass is 19.3. The van der Waals surface area contributed by atoms with Gasteiger partial charge < -0.3 is 10.0 Å². The fourth-order valence-electron chi connectivity index (χ4n) is 2.01. The van der Waals surface area contributed by atoms with Crippen LogP contribution in [0.3, 0.4) is 0 Å². The summed E-state index contributed by atoms with van der Waals surface area (Å²) in [6, 6.07) is 1.26. The van der Waals surface area contributed by atoms with Crippen molar-refractivity contribution in [3.05, 3.63) is 18.1 Å². The molecule has 98 valence electrons. The highest BCUT2D eigenvalue weighted by Crippen LogP contribution is 2.24. The first-order valence-corrected chi connectivity index (χ1v) is 5.66. The van der Waals surface area contributed by atoms with Gasteiger partial charge in [0.05, 0.1) is 5.92 Å². The molecule has 0 saturated carbocycles. The number of halogens is 2. The Kier molecular flexibility index (Phi) is 3.69. The van der Waals surface area contributed by atoms with E-state index < -0.39 is 12.4 Å². The van der Waals surface area contributed by atoms with Crippen molar-refractivity contribution in [3.63, 3.8) is 0 Å². The Bertz CT molecular complexity index is 434.